The Kier molecular flexibility index (Phi) is 5.57. The van der Waals surface area contributed by atoms with Crippen LogP contribution in [0.2, 0.25) is 0 Å². The first kappa shape index (κ1) is 16.9. The lowest BCUT2D eigenvalue weighted by molar-refractivity contribution is -0.123. The number of halogens is 1. The highest BCUT2D eigenvalue weighted by Crippen LogP contribution is 2.25. The minimum atomic E-state index is -3.77. The lowest BCUT2D eigenvalue weighted by Crippen LogP contribution is -2.43. The minimum Gasteiger partial charge on any atom is -0.484 e. The van der Waals surface area contributed by atoms with Gasteiger partial charge in [-0.25, -0.2) is 8.42 Å². The lowest BCUT2D eigenvalue weighted by atomic mass is 10.2. The van der Waals surface area contributed by atoms with Crippen molar-refractivity contribution in [2.75, 3.05) is 6.61 Å². The number of aryl methyl sites for hydroxylation is 1. The molecule has 1 heterocycles. The van der Waals surface area contributed by atoms with Crippen molar-refractivity contribution in [2.24, 2.45) is 0 Å². The molecule has 2 N–H and O–H groups in total. The Labute approximate surface area is 140 Å². The van der Waals surface area contributed by atoms with Crippen LogP contribution < -0.4 is 15.0 Å². The summed E-state index contributed by atoms with van der Waals surface area (Å²) in [7, 11) is -3.77. The first-order chi connectivity index (χ1) is 10.4. The van der Waals surface area contributed by atoms with Crippen LogP contribution in [0.1, 0.15) is 5.56 Å². The Morgan fingerprint density at radius 2 is 2.09 bits per heavy atom. The molecular formula is C13H13BrN2O4S2. The third kappa shape index (κ3) is 4.80. The first-order valence-electron chi connectivity index (χ1n) is 6.12. The summed E-state index contributed by atoms with van der Waals surface area (Å²) in [6.45, 7) is 1.61. The number of hydrazine groups is 1. The molecule has 22 heavy (non-hydrogen) atoms. The van der Waals surface area contributed by atoms with Gasteiger partial charge in [0, 0.05) is 0 Å². The van der Waals surface area contributed by atoms with Crippen molar-refractivity contribution in [1.82, 2.24) is 10.3 Å². The summed E-state index contributed by atoms with van der Waals surface area (Å²) in [5, 5.41) is 0. The number of thiophene rings is 1. The molecular weight excluding hydrogens is 392 g/mol. The number of rotatable bonds is 6. The molecule has 0 radical (unpaired) electrons. The molecule has 6 nitrogen and oxygen atoms in total. The van der Waals surface area contributed by atoms with E-state index in [9.17, 15) is 13.2 Å². The molecule has 0 saturated heterocycles. The first-order valence-corrected chi connectivity index (χ1v) is 9.21. The van der Waals surface area contributed by atoms with Crippen LogP contribution in [0.4, 0.5) is 0 Å². The van der Waals surface area contributed by atoms with Gasteiger partial charge in [-0.15, -0.1) is 16.2 Å². The zero-order chi connectivity index (χ0) is 16.2. The topological polar surface area (TPSA) is 84.5 Å². The van der Waals surface area contributed by atoms with Crippen LogP contribution in [0.15, 0.2) is 44.4 Å². The molecule has 2 rings (SSSR count). The Balaban J connectivity index is 1.85. The summed E-state index contributed by atoms with van der Waals surface area (Å²) in [6.07, 6.45) is 0. The molecule has 0 atom stereocenters. The van der Waals surface area contributed by atoms with Gasteiger partial charge in [0.15, 0.2) is 6.61 Å². The molecule has 9 heteroatoms. The number of benzene rings is 1. The molecule has 0 fully saturated rings. The smallest absolute Gasteiger partial charge is 0.272 e. The summed E-state index contributed by atoms with van der Waals surface area (Å²) >= 11 is 4.22. The van der Waals surface area contributed by atoms with E-state index in [1.54, 1.807) is 24.3 Å². The maximum Gasteiger partial charge on any atom is 0.272 e. The molecule has 0 unspecified atom stereocenters. The number of carbonyl (C=O) groups is 1. The summed E-state index contributed by atoms with van der Waals surface area (Å²) in [4.78, 5) is 13.6. The number of carbonyl (C=O) groups excluding carboxylic acids is 1. The number of amides is 1. The summed E-state index contributed by atoms with van der Waals surface area (Å²) < 4.78 is 29.8. The van der Waals surface area contributed by atoms with E-state index in [2.05, 4.69) is 21.4 Å². The van der Waals surface area contributed by atoms with Crippen molar-refractivity contribution >= 4 is 43.2 Å². The third-order valence-corrected chi connectivity index (χ3v) is 5.86. The standard InChI is InChI=1S/C13H13BrN2O4S2/c1-9-3-2-4-10(7-9)20-8-12(17)15-16-22(18,19)13-6-5-11(14)21-13/h2-7,16H,8H2,1H3,(H,15,17). The van der Waals surface area contributed by atoms with Gasteiger partial charge in [-0.1, -0.05) is 12.1 Å². The van der Waals surface area contributed by atoms with E-state index in [1.807, 2.05) is 17.8 Å². The number of hydrogen-bond acceptors (Lipinski definition) is 5. The average Bonchev–Trinajstić information content (AvgIpc) is 2.91. The van der Waals surface area contributed by atoms with Gasteiger partial charge in [-0.2, -0.15) is 0 Å². The molecule has 0 bridgehead atoms. The van der Waals surface area contributed by atoms with E-state index in [1.165, 1.54) is 6.07 Å². The Morgan fingerprint density at radius 3 is 2.73 bits per heavy atom. The highest BCUT2D eigenvalue weighted by Gasteiger charge is 2.17. The van der Waals surface area contributed by atoms with Gasteiger partial charge in [0.05, 0.1) is 3.79 Å². The van der Waals surface area contributed by atoms with Crippen molar-refractivity contribution in [3.8, 4) is 5.75 Å². The molecule has 2 aromatic rings. The second-order valence-corrected chi connectivity index (χ2v) is 8.69. The second-order valence-electron chi connectivity index (χ2n) is 4.32. The van der Waals surface area contributed by atoms with Crippen LogP contribution in [-0.4, -0.2) is 20.9 Å². The quantitative estimate of drug-likeness (QED) is 0.722. The third-order valence-electron chi connectivity index (χ3n) is 2.50. The van der Waals surface area contributed by atoms with Crippen LogP contribution in [0.5, 0.6) is 5.75 Å². The zero-order valence-electron chi connectivity index (χ0n) is 11.5. The van der Waals surface area contributed by atoms with Gasteiger partial charge in [-0.05, 0) is 52.7 Å². The lowest BCUT2D eigenvalue weighted by Gasteiger charge is -2.08. The van der Waals surface area contributed by atoms with Gasteiger partial charge in [-0.3, -0.25) is 10.2 Å². The van der Waals surface area contributed by atoms with Gasteiger partial charge in [0.1, 0.15) is 9.96 Å². The summed E-state index contributed by atoms with van der Waals surface area (Å²) in [5.74, 6) is -0.0547. The fraction of sp³-hybridized carbons (Fsp3) is 0.154. The Morgan fingerprint density at radius 1 is 1.32 bits per heavy atom. The molecule has 0 aliphatic carbocycles. The van der Waals surface area contributed by atoms with E-state index in [4.69, 9.17) is 4.74 Å². The van der Waals surface area contributed by atoms with Crippen molar-refractivity contribution in [3.63, 3.8) is 0 Å². The van der Waals surface area contributed by atoms with Crippen LogP contribution in [0.25, 0.3) is 0 Å². The molecule has 0 spiro atoms. The monoisotopic (exact) mass is 404 g/mol. The van der Waals surface area contributed by atoms with Crippen LogP contribution in [0, 0.1) is 6.92 Å². The number of nitrogens with one attached hydrogen (secondary N) is 2. The molecule has 1 aromatic carbocycles. The SMILES string of the molecule is Cc1cccc(OCC(=O)NNS(=O)(=O)c2ccc(Br)s2)c1. The number of hydrogen-bond donors (Lipinski definition) is 2. The molecule has 0 aliphatic heterocycles. The van der Waals surface area contributed by atoms with E-state index < -0.39 is 15.9 Å². The fourth-order valence-corrected chi connectivity index (χ4v) is 4.38. The van der Waals surface area contributed by atoms with Crippen molar-refractivity contribution in [1.29, 1.82) is 0 Å². The van der Waals surface area contributed by atoms with E-state index in [-0.39, 0.29) is 10.8 Å². The summed E-state index contributed by atoms with van der Waals surface area (Å²) in [5.41, 5.74) is 3.11. The van der Waals surface area contributed by atoms with E-state index in [0.29, 0.717) is 9.54 Å². The predicted molar refractivity (Wildman–Crippen MR) is 87.2 cm³/mol. The van der Waals surface area contributed by atoms with Crippen LogP contribution >= 0.6 is 27.3 Å². The van der Waals surface area contributed by atoms with Gasteiger partial charge in [0.2, 0.25) is 0 Å². The summed E-state index contributed by atoms with van der Waals surface area (Å²) in [6, 6.07) is 10.3. The van der Waals surface area contributed by atoms with E-state index >= 15 is 0 Å². The second kappa shape index (κ2) is 7.23. The molecule has 0 saturated carbocycles. The highest BCUT2D eigenvalue weighted by molar-refractivity contribution is 9.11. The predicted octanol–water partition coefficient (Wildman–Crippen LogP) is 2.21. The highest BCUT2D eigenvalue weighted by atomic mass is 79.9. The maximum absolute atomic E-state index is 11.9. The molecule has 118 valence electrons. The molecule has 1 amide bonds. The van der Waals surface area contributed by atoms with Gasteiger partial charge < -0.3 is 4.74 Å². The minimum absolute atomic E-state index is 0.0966. The Bertz CT molecular complexity index is 774. The van der Waals surface area contributed by atoms with Crippen molar-refractivity contribution < 1.29 is 17.9 Å². The molecule has 1 aromatic heterocycles. The van der Waals surface area contributed by atoms with E-state index in [0.717, 1.165) is 16.9 Å². The zero-order valence-corrected chi connectivity index (χ0v) is 14.7. The maximum atomic E-state index is 11.9. The average molecular weight is 405 g/mol. The van der Waals surface area contributed by atoms with Crippen molar-refractivity contribution in [2.45, 2.75) is 11.1 Å². The Hall–Kier alpha value is -1.42. The van der Waals surface area contributed by atoms with Crippen LogP contribution in [-0.2, 0) is 14.8 Å². The fourth-order valence-electron chi connectivity index (χ4n) is 1.51. The molecule has 0 aliphatic rings. The van der Waals surface area contributed by atoms with Crippen molar-refractivity contribution in [3.05, 3.63) is 45.7 Å². The number of ether oxygens (including phenoxy) is 1. The van der Waals surface area contributed by atoms with Gasteiger partial charge >= 0.3 is 0 Å². The van der Waals surface area contributed by atoms with Crippen LogP contribution in [0.3, 0.4) is 0 Å². The number of sulfonamides is 1. The largest absolute Gasteiger partial charge is 0.484 e. The van der Waals surface area contributed by atoms with Gasteiger partial charge in [0.25, 0.3) is 15.9 Å². The normalized spacial score (nSPS) is 11.2.